The minimum Gasteiger partial charge on any atom is -0.465 e. The van der Waals surface area contributed by atoms with Crippen LogP contribution in [0.2, 0.25) is 0 Å². The summed E-state index contributed by atoms with van der Waals surface area (Å²) in [6.45, 7) is 18.9. The van der Waals surface area contributed by atoms with Crippen molar-refractivity contribution in [1.82, 2.24) is 9.80 Å². The van der Waals surface area contributed by atoms with E-state index in [1.165, 1.54) is 186 Å². The Morgan fingerprint density at radius 3 is 1.00 bits per heavy atom. The summed E-state index contributed by atoms with van der Waals surface area (Å²) in [4.78, 5) is 42.8. The van der Waals surface area contributed by atoms with E-state index in [9.17, 15) is 14.4 Å². The van der Waals surface area contributed by atoms with Gasteiger partial charge in [0, 0.05) is 32.9 Å². The minimum absolute atomic E-state index is 0.0214. The van der Waals surface area contributed by atoms with Gasteiger partial charge in [-0.25, -0.2) is 0 Å². The summed E-state index contributed by atoms with van der Waals surface area (Å²) in [5.74, 6) is 1.16. The summed E-state index contributed by atoms with van der Waals surface area (Å²) in [5.41, 5.74) is 0. The molecule has 0 saturated heterocycles. The van der Waals surface area contributed by atoms with Gasteiger partial charge in [-0.05, 0) is 95.7 Å². The summed E-state index contributed by atoms with van der Waals surface area (Å²) in [6.07, 6.45) is 46.0. The molecule has 7 nitrogen and oxygen atoms in total. The number of nitrogens with zero attached hydrogens (tertiary/aromatic N) is 2. The van der Waals surface area contributed by atoms with Crippen molar-refractivity contribution in [1.29, 1.82) is 0 Å². The van der Waals surface area contributed by atoms with Crippen molar-refractivity contribution in [2.75, 3.05) is 45.9 Å². The highest BCUT2D eigenvalue weighted by Crippen LogP contribution is 2.22. The number of carbonyl (C=O) groups is 3. The van der Waals surface area contributed by atoms with Gasteiger partial charge < -0.3 is 19.3 Å². The van der Waals surface area contributed by atoms with Crippen LogP contribution >= 0.6 is 0 Å². The van der Waals surface area contributed by atoms with Crippen molar-refractivity contribution in [2.45, 2.75) is 292 Å². The number of hydrogen-bond donors (Lipinski definition) is 0. The molecule has 7 heteroatoms. The molecule has 2 unspecified atom stereocenters. The maximum Gasteiger partial charge on any atom is 0.305 e. The fraction of sp³-hybridized carbons (Fsp3) is 0.947. The van der Waals surface area contributed by atoms with Crippen LogP contribution in [-0.2, 0) is 23.9 Å². The molecule has 0 aliphatic heterocycles. The number of hydrogen-bond acceptors (Lipinski definition) is 6. The zero-order chi connectivity index (χ0) is 47.0. The quantitative estimate of drug-likeness (QED) is 0.0447. The Bertz CT molecular complexity index is 948. The van der Waals surface area contributed by atoms with Crippen LogP contribution in [0.25, 0.3) is 0 Å². The number of rotatable bonds is 51. The second-order valence-electron chi connectivity index (χ2n) is 20.0. The van der Waals surface area contributed by atoms with E-state index in [2.05, 4.69) is 44.4 Å². The second-order valence-corrected chi connectivity index (χ2v) is 20.0. The third kappa shape index (κ3) is 43.0. The van der Waals surface area contributed by atoms with Crippen molar-refractivity contribution < 1.29 is 23.9 Å². The summed E-state index contributed by atoms with van der Waals surface area (Å²) in [5, 5.41) is 0. The zero-order valence-corrected chi connectivity index (χ0v) is 44.1. The molecule has 2 atom stereocenters. The standard InChI is InChI=1S/C57H112N2O5/c1-7-12-17-22-25-32-42-54(40-30-20-15-10-4)51-63-56(61)44-34-28-36-46-58(48-39-50-59(53(6)60)49-38-27-24-19-14-9-3)47-37-29-35-45-57(62)64-52-55(41-31-21-16-11-5)43-33-26-23-18-13-8-2/h54-55H,7-52H2,1-6H3. The second kappa shape index (κ2) is 49.3. The fourth-order valence-corrected chi connectivity index (χ4v) is 9.23. The highest BCUT2D eigenvalue weighted by molar-refractivity contribution is 5.73. The first-order valence-corrected chi connectivity index (χ1v) is 28.6. The highest BCUT2D eigenvalue weighted by Gasteiger charge is 2.15. The molecule has 0 radical (unpaired) electrons. The maximum atomic E-state index is 12.8. The van der Waals surface area contributed by atoms with Crippen molar-refractivity contribution in [3.63, 3.8) is 0 Å². The van der Waals surface area contributed by atoms with Gasteiger partial charge in [0.15, 0.2) is 0 Å². The smallest absolute Gasteiger partial charge is 0.305 e. The van der Waals surface area contributed by atoms with Gasteiger partial charge in [-0.1, -0.05) is 208 Å². The van der Waals surface area contributed by atoms with Crippen LogP contribution in [0.5, 0.6) is 0 Å². The van der Waals surface area contributed by atoms with E-state index in [1.54, 1.807) is 6.92 Å². The first kappa shape index (κ1) is 62.4. The topological polar surface area (TPSA) is 76.2 Å². The van der Waals surface area contributed by atoms with Gasteiger partial charge in [-0.15, -0.1) is 0 Å². The van der Waals surface area contributed by atoms with Gasteiger partial charge in [0.25, 0.3) is 0 Å². The van der Waals surface area contributed by atoms with Gasteiger partial charge in [0.05, 0.1) is 13.2 Å². The van der Waals surface area contributed by atoms with Crippen LogP contribution < -0.4 is 0 Å². The average molecular weight is 906 g/mol. The van der Waals surface area contributed by atoms with E-state index in [1.807, 2.05) is 0 Å². The van der Waals surface area contributed by atoms with E-state index in [0.717, 1.165) is 84.1 Å². The van der Waals surface area contributed by atoms with Gasteiger partial charge in [0.2, 0.25) is 5.91 Å². The summed E-state index contributed by atoms with van der Waals surface area (Å²) in [6, 6.07) is 0. The molecule has 0 N–H and O–H groups in total. The molecule has 0 aromatic carbocycles. The lowest BCUT2D eigenvalue weighted by atomic mass is 9.95. The normalized spacial score (nSPS) is 12.5. The van der Waals surface area contributed by atoms with E-state index >= 15 is 0 Å². The van der Waals surface area contributed by atoms with Crippen LogP contribution in [0.4, 0.5) is 0 Å². The van der Waals surface area contributed by atoms with E-state index in [4.69, 9.17) is 9.47 Å². The number of amides is 1. The molecule has 0 bridgehead atoms. The predicted octanol–water partition coefficient (Wildman–Crippen LogP) is 16.8. The monoisotopic (exact) mass is 905 g/mol. The molecule has 1 amide bonds. The van der Waals surface area contributed by atoms with Crippen LogP contribution in [0, 0.1) is 11.8 Å². The Kier molecular flexibility index (Phi) is 48.0. The van der Waals surface area contributed by atoms with Crippen LogP contribution in [0.1, 0.15) is 292 Å². The first-order chi connectivity index (χ1) is 31.3. The number of ether oxygens (including phenoxy) is 2. The van der Waals surface area contributed by atoms with Gasteiger partial charge in [0.1, 0.15) is 0 Å². The van der Waals surface area contributed by atoms with E-state index < -0.39 is 0 Å². The molecular weight excluding hydrogens is 793 g/mol. The Morgan fingerprint density at radius 2 is 0.625 bits per heavy atom. The first-order valence-electron chi connectivity index (χ1n) is 28.6. The Hall–Kier alpha value is -1.63. The molecule has 0 saturated carbocycles. The minimum atomic E-state index is -0.0214. The van der Waals surface area contributed by atoms with Crippen molar-refractivity contribution in [3.05, 3.63) is 0 Å². The Balaban J connectivity index is 4.95. The Morgan fingerprint density at radius 1 is 0.344 bits per heavy atom. The van der Waals surface area contributed by atoms with E-state index in [0.29, 0.717) is 37.9 Å². The number of carbonyl (C=O) groups excluding carboxylic acids is 3. The molecule has 0 spiro atoms. The maximum absolute atomic E-state index is 12.8. The van der Waals surface area contributed by atoms with Crippen LogP contribution in [0.15, 0.2) is 0 Å². The lowest BCUT2D eigenvalue weighted by Gasteiger charge is -2.25. The molecule has 0 aromatic rings. The van der Waals surface area contributed by atoms with Crippen LogP contribution in [-0.4, -0.2) is 73.6 Å². The van der Waals surface area contributed by atoms with Gasteiger partial charge in [-0.2, -0.15) is 0 Å². The van der Waals surface area contributed by atoms with Crippen LogP contribution in [0.3, 0.4) is 0 Å². The fourth-order valence-electron chi connectivity index (χ4n) is 9.23. The molecular formula is C57H112N2O5. The number of esters is 2. The third-order valence-electron chi connectivity index (χ3n) is 13.7. The van der Waals surface area contributed by atoms with Gasteiger partial charge >= 0.3 is 11.9 Å². The lowest BCUT2D eigenvalue weighted by molar-refractivity contribution is -0.146. The van der Waals surface area contributed by atoms with Crippen molar-refractivity contribution in [3.8, 4) is 0 Å². The average Bonchev–Trinajstić information content (AvgIpc) is 3.29. The zero-order valence-electron chi connectivity index (χ0n) is 44.1. The predicted molar refractivity (Wildman–Crippen MR) is 276 cm³/mol. The van der Waals surface area contributed by atoms with E-state index in [-0.39, 0.29) is 17.8 Å². The molecule has 0 rings (SSSR count). The molecule has 0 aromatic heterocycles. The molecule has 0 aliphatic rings. The summed E-state index contributed by atoms with van der Waals surface area (Å²) >= 11 is 0. The molecule has 380 valence electrons. The SMILES string of the molecule is CCCCCCCCC(CCCCCC)COC(=O)CCCCCN(CCCCCC(=O)OCC(CCCCCC)CCCCCCCC)CCCN(CCCCCCCC)C(C)=O. The highest BCUT2D eigenvalue weighted by atomic mass is 16.5. The lowest BCUT2D eigenvalue weighted by Crippen LogP contribution is -2.34. The molecule has 0 fully saturated rings. The van der Waals surface area contributed by atoms with Gasteiger partial charge in [-0.3, -0.25) is 14.4 Å². The Labute approximate surface area is 399 Å². The van der Waals surface area contributed by atoms with Crippen molar-refractivity contribution in [2.24, 2.45) is 11.8 Å². The molecule has 0 heterocycles. The number of unbranched alkanes of at least 4 members (excludes halogenated alkanes) is 25. The third-order valence-corrected chi connectivity index (χ3v) is 13.7. The largest absolute Gasteiger partial charge is 0.465 e. The molecule has 64 heavy (non-hydrogen) atoms. The van der Waals surface area contributed by atoms with Crippen molar-refractivity contribution >= 4 is 17.8 Å². The summed E-state index contributed by atoms with van der Waals surface area (Å²) in [7, 11) is 0. The molecule has 0 aliphatic carbocycles. The summed E-state index contributed by atoms with van der Waals surface area (Å²) < 4.78 is 11.8.